The SMILES string of the molecule is COC[C@]1(CO)C(=O)[C@@H]2CCN1C[C@H]2C. The van der Waals surface area contributed by atoms with Gasteiger partial charge in [0, 0.05) is 19.6 Å². The second-order valence-electron chi connectivity index (χ2n) is 4.81. The fourth-order valence-corrected chi connectivity index (χ4v) is 3.05. The van der Waals surface area contributed by atoms with E-state index in [-0.39, 0.29) is 18.3 Å². The van der Waals surface area contributed by atoms with Gasteiger partial charge in [-0.15, -0.1) is 0 Å². The molecule has 2 bridgehead atoms. The van der Waals surface area contributed by atoms with Crippen molar-refractivity contribution in [2.24, 2.45) is 11.8 Å². The van der Waals surface area contributed by atoms with Gasteiger partial charge in [0.15, 0.2) is 5.78 Å². The van der Waals surface area contributed by atoms with Crippen LogP contribution in [0.3, 0.4) is 0 Å². The topological polar surface area (TPSA) is 49.8 Å². The maximum atomic E-state index is 12.3. The van der Waals surface area contributed by atoms with Gasteiger partial charge >= 0.3 is 0 Å². The maximum absolute atomic E-state index is 12.3. The smallest absolute Gasteiger partial charge is 0.161 e. The Kier molecular flexibility index (Phi) is 2.83. The highest BCUT2D eigenvalue weighted by Crippen LogP contribution is 2.39. The number of rotatable bonds is 3. The highest BCUT2D eigenvalue weighted by Gasteiger charge is 2.55. The lowest BCUT2D eigenvalue weighted by atomic mass is 9.69. The highest BCUT2D eigenvalue weighted by molar-refractivity contribution is 5.92. The minimum Gasteiger partial charge on any atom is -0.394 e. The molecule has 3 rings (SSSR count). The molecule has 3 aliphatic heterocycles. The zero-order chi connectivity index (χ0) is 11.1. The quantitative estimate of drug-likeness (QED) is 0.711. The first-order valence-corrected chi connectivity index (χ1v) is 5.55. The zero-order valence-electron chi connectivity index (χ0n) is 9.40. The molecular formula is C11H19NO3. The van der Waals surface area contributed by atoms with Gasteiger partial charge < -0.3 is 9.84 Å². The van der Waals surface area contributed by atoms with Gasteiger partial charge in [-0.1, -0.05) is 6.92 Å². The predicted molar refractivity (Wildman–Crippen MR) is 55.5 cm³/mol. The van der Waals surface area contributed by atoms with Gasteiger partial charge in [0.25, 0.3) is 0 Å². The first kappa shape index (κ1) is 11.0. The number of ketones is 1. The standard InChI is InChI=1S/C11H19NO3/c1-8-5-12-4-3-9(8)10(14)11(12,6-13)7-15-2/h8-9,13H,3-7H2,1-2H3/t8-,9-,11-/m1/s1. The van der Waals surface area contributed by atoms with Gasteiger partial charge in [-0.3, -0.25) is 9.69 Å². The van der Waals surface area contributed by atoms with Crippen molar-refractivity contribution in [3.63, 3.8) is 0 Å². The van der Waals surface area contributed by atoms with Crippen molar-refractivity contribution in [1.82, 2.24) is 4.90 Å². The van der Waals surface area contributed by atoms with E-state index in [0.29, 0.717) is 12.5 Å². The van der Waals surface area contributed by atoms with E-state index in [1.807, 2.05) is 0 Å². The number of methoxy groups -OCH3 is 1. The summed E-state index contributed by atoms with van der Waals surface area (Å²) < 4.78 is 5.11. The molecule has 0 aromatic heterocycles. The molecule has 1 unspecified atom stereocenters. The molecule has 0 aromatic carbocycles. The minimum atomic E-state index is -0.746. The number of fused-ring (bicyclic) bond motifs is 3. The summed E-state index contributed by atoms with van der Waals surface area (Å²) in [6.07, 6.45) is 0.936. The molecule has 3 fully saturated rings. The van der Waals surface area contributed by atoms with Crippen LogP contribution in [-0.4, -0.2) is 54.7 Å². The van der Waals surface area contributed by atoms with Crippen LogP contribution in [0.1, 0.15) is 13.3 Å². The summed E-state index contributed by atoms with van der Waals surface area (Å²) in [4.78, 5) is 14.4. The van der Waals surface area contributed by atoms with E-state index in [1.165, 1.54) is 0 Å². The number of hydrogen-bond acceptors (Lipinski definition) is 4. The van der Waals surface area contributed by atoms with Crippen LogP contribution in [0.15, 0.2) is 0 Å². The molecule has 0 spiro atoms. The van der Waals surface area contributed by atoms with Crippen LogP contribution in [0.2, 0.25) is 0 Å². The molecular weight excluding hydrogens is 194 g/mol. The normalized spacial score (nSPS) is 44.7. The number of nitrogens with zero attached hydrogens (tertiary/aromatic N) is 1. The highest BCUT2D eigenvalue weighted by atomic mass is 16.5. The number of Topliss-reactive ketones (excluding diaryl/α,β-unsaturated/α-hetero) is 1. The van der Waals surface area contributed by atoms with E-state index < -0.39 is 5.54 Å². The summed E-state index contributed by atoms with van der Waals surface area (Å²) >= 11 is 0. The number of carbonyl (C=O) groups excluding carboxylic acids is 1. The summed E-state index contributed by atoms with van der Waals surface area (Å²) in [6.45, 7) is 4.11. The molecule has 0 saturated carbocycles. The fourth-order valence-electron chi connectivity index (χ4n) is 3.05. The van der Waals surface area contributed by atoms with E-state index in [4.69, 9.17) is 4.74 Å². The Morgan fingerprint density at radius 1 is 1.67 bits per heavy atom. The van der Waals surface area contributed by atoms with Crippen LogP contribution in [0.5, 0.6) is 0 Å². The summed E-state index contributed by atoms with van der Waals surface area (Å²) in [5, 5.41) is 9.51. The molecule has 0 amide bonds. The predicted octanol–water partition coefficient (Wildman–Crippen LogP) is -0.0954. The Morgan fingerprint density at radius 2 is 2.40 bits per heavy atom. The average Bonchev–Trinajstić information content (AvgIpc) is 2.23. The first-order valence-electron chi connectivity index (χ1n) is 5.55. The largest absolute Gasteiger partial charge is 0.394 e. The van der Waals surface area contributed by atoms with E-state index >= 15 is 0 Å². The number of piperidine rings is 3. The molecule has 0 radical (unpaired) electrons. The molecule has 0 aromatic rings. The summed E-state index contributed by atoms with van der Waals surface area (Å²) in [7, 11) is 1.58. The number of aliphatic hydroxyl groups is 1. The van der Waals surface area contributed by atoms with Crippen LogP contribution in [0, 0.1) is 11.8 Å². The van der Waals surface area contributed by atoms with Gasteiger partial charge in [-0.25, -0.2) is 0 Å². The Labute approximate surface area is 90.2 Å². The average molecular weight is 213 g/mol. The number of ether oxygens (including phenoxy) is 1. The van der Waals surface area contributed by atoms with Gasteiger partial charge in [0.1, 0.15) is 5.54 Å². The molecule has 4 atom stereocenters. The van der Waals surface area contributed by atoms with Gasteiger partial charge in [0.05, 0.1) is 13.2 Å². The van der Waals surface area contributed by atoms with Crippen LogP contribution < -0.4 is 0 Å². The Hall–Kier alpha value is -0.450. The third-order valence-electron chi connectivity index (χ3n) is 3.95. The minimum absolute atomic E-state index is 0.122. The Bertz CT molecular complexity index is 269. The van der Waals surface area contributed by atoms with E-state index in [1.54, 1.807) is 7.11 Å². The Balaban J connectivity index is 2.29. The Morgan fingerprint density at radius 3 is 2.87 bits per heavy atom. The molecule has 3 heterocycles. The lowest BCUT2D eigenvalue weighted by Crippen LogP contribution is -2.71. The van der Waals surface area contributed by atoms with Crippen molar-refractivity contribution in [3.05, 3.63) is 0 Å². The second kappa shape index (κ2) is 3.85. The van der Waals surface area contributed by atoms with Crippen LogP contribution in [0.4, 0.5) is 0 Å². The van der Waals surface area contributed by atoms with Gasteiger partial charge in [-0.05, 0) is 18.9 Å². The summed E-state index contributed by atoms with van der Waals surface area (Å²) in [5.41, 5.74) is -0.746. The molecule has 4 nitrogen and oxygen atoms in total. The van der Waals surface area contributed by atoms with E-state index in [9.17, 15) is 9.90 Å². The summed E-state index contributed by atoms with van der Waals surface area (Å²) in [5.74, 6) is 0.719. The summed E-state index contributed by atoms with van der Waals surface area (Å²) in [6, 6.07) is 0. The van der Waals surface area contributed by atoms with E-state index in [0.717, 1.165) is 19.5 Å². The third-order valence-corrected chi connectivity index (χ3v) is 3.95. The molecule has 0 aliphatic carbocycles. The maximum Gasteiger partial charge on any atom is 0.161 e. The molecule has 3 aliphatic rings. The lowest BCUT2D eigenvalue weighted by molar-refractivity contribution is -0.163. The molecule has 86 valence electrons. The number of carbonyl (C=O) groups is 1. The van der Waals surface area contributed by atoms with Crippen molar-refractivity contribution in [3.8, 4) is 0 Å². The van der Waals surface area contributed by atoms with Crippen molar-refractivity contribution >= 4 is 5.78 Å². The monoisotopic (exact) mass is 213 g/mol. The zero-order valence-corrected chi connectivity index (χ0v) is 9.40. The van der Waals surface area contributed by atoms with Crippen molar-refractivity contribution in [2.75, 3.05) is 33.4 Å². The van der Waals surface area contributed by atoms with Crippen molar-refractivity contribution in [2.45, 2.75) is 18.9 Å². The fraction of sp³-hybridized carbons (Fsp3) is 0.909. The van der Waals surface area contributed by atoms with Crippen LogP contribution in [-0.2, 0) is 9.53 Å². The van der Waals surface area contributed by atoms with E-state index in [2.05, 4.69) is 11.8 Å². The molecule has 1 N–H and O–H groups in total. The third kappa shape index (κ3) is 1.43. The number of aliphatic hydroxyl groups excluding tert-OH is 1. The molecule has 4 heteroatoms. The lowest BCUT2D eigenvalue weighted by Gasteiger charge is -2.54. The van der Waals surface area contributed by atoms with Crippen LogP contribution in [0.25, 0.3) is 0 Å². The molecule has 15 heavy (non-hydrogen) atoms. The molecule has 3 saturated heterocycles. The van der Waals surface area contributed by atoms with Crippen molar-refractivity contribution in [1.29, 1.82) is 0 Å². The van der Waals surface area contributed by atoms with Gasteiger partial charge in [0.2, 0.25) is 0 Å². The number of hydrogen-bond donors (Lipinski definition) is 1. The van der Waals surface area contributed by atoms with Gasteiger partial charge in [-0.2, -0.15) is 0 Å². The second-order valence-corrected chi connectivity index (χ2v) is 4.81. The van der Waals surface area contributed by atoms with Crippen LogP contribution >= 0.6 is 0 Å². The van der Waals surface area contributed by atoms with Crippen molar-refractivity contribution < 1.29 is 14.6 Å². The first-order chi connectivity index (χ1) is 7.15.